The summed E-state index contributed by atoms with van der Waals surface area (Å²) in [6.45, 7) is 0. The Hall–Kier alpha value is -0.860. The van der Waals surface area contributed by atoms with E-state index in [-0.39, 0.29) is 6.42 Å². The summed E-state index contributed by atoms with van der Waals surface area (Å²) in [5, 5.41) is -1.13. The molecule has 1 aromatic rings. The van der Waals surface area contributed by atoms with Crippen molar-refractivity contribution in [2.24, 2.45) is 0 Å². The van der Waals surface area contributed by atoms with Crippen molar-refractivity contribution < 1.29 is 9.59 Å². The average Bonchev–Trinajstić information content (AvgIpc) is 2.15. The molecule has 0 aromatic heterocycles. The van der Waals surface area contributed by atoms with Crippen LogP contribution in [0.5, 0.6) is 0 Å². The Morgan fingerprint density at radius 2 is 1.71 bits per heavy atom. The molecule has 0 aliphatic carbocycles. The largest absolute Gasteiger partial charge is 0.281 e. The van der Waals surface area contributed by atoms with Crippen molar-refractivity contribution in [1.29, 1.82) is 0 Å². The molecule has 1 atom stereocenters. The molecule has 0 saturated carbocycles. The van der Waals surface area contributed by atoms with Crippen LogP contribution in [0.2, 0.25) is 0 Å². The summed E-state index contributed by atoms with van der Waals surface area (Å²) < 4.78 is 0. The molecule has 0 radical (unpaired) electrons. The van der Waals surface area contributed by atoms with E-state index in [1.807, 2.05) is 6.07 Å². The van der Waals surface area contributed by atoms with Crippen LogP contribution in [-0.4, -0.2) is 10.5 Å². The fraction of sp³-hybridized carbons (Fsp3) is 0.200. The van der Waals surface area contributed by atoms with Gasteiger partial charge < -0.3 is 0 Å². The fourth-order valence-electron chi connectivity index (χ4n) is 1.17. The molecule has 0 unspecified atom stereocenters. The predicted octanol–water partition coefficient (Wildman–Crippen LogP) is 2.69. The molecule has 0 aliphatic heterocycles. The third-order valence-electron chi connectivity index (χ3n) is 1.84. The van der Waals surface area contributed by atoms with E-state index in [9.17, 15) is 9.59 Å². The smallest absolute Gasteiger partial charge is 0.229 e. The molecule has 0 spiro atoms. The van der Waals surface area contributed by atoms with E-state index in [4.69, 9.17) is 23.2 Å². The molecule has 0 N–H and O–H groups in total. The standard InChI is InChI=1S/C10H8Cl2O2/c11-9(13)6-8(10(12)14)7-4-2-1-3-5-7/h1-5,8H,6H2/t8-/m0/s1. The molecule has 74 valence electrons. The maximum atomic E-state index is 11.0. The summed E-state index contributed by atoms with van der Waals surface area (Å²) in [5.74, 6) is -0.636. The Morgan fingerprint density at radius 1 is 1.14 bits per heavy atom. The van der Waals surface area contributed by atoms with Gasteiger partial charge >= 0.3 is 0 Å². The average molecular weight is 231 g/mol. The van der Waals surface area contributed by atoms with E-state index in [0.29, 0.717) is 5.56 Å². The Balaban J connectivity index is 2.89. The third-order valence-corrected chi connectivity index (χ3v) is 2.26. The summed E-state index contributed by atoms with van der Waals surface area (Å²) in [6, 6.07) is 8.86. The van der Waals surface area contributed by atoms with Gasteiger partial charge in [0.15, 0.2) is 0 Å². The van der Waals surface area contributed by atoms with Crippen molar-refractivity contribution in [1.82, 2.24) is 0 Å². The third kappa shape index (κ3) is 3.13. The van der Waals surface area contributed by atoms with Gasteiger partial charge in [-0.15, -0.1) is 0 Å². The van der Waals surface area contributed by atoms with Gasteiger partial charge in [-0.3, -0.25) is 9.59 Å². The molecule has 1 rings (SSSR count). The Bertz CT molecular complexity index is 335. The highest BCUT2D eigenvalue weighted by molar-refractivity contribution is 6.67. The van der Waals surface area contributed by atoms with Crippen LogP contribution in [0.15, 0.2) is 30.3 Å². The lowest BCUT2D eigenvalue weighted by Gasteiger charge is -2.09. The number of rotatable bonds is 4. The zero-order valence-electron chi connectivity index (χ0n) is 7.24. The lowest BCUT2D eigenvalue weighted by Crippen LogP contribution is -2.09. The molecule has 14 heavy (non-hydrogen) atoms. The van der Waals surface area contributed by atoms with Gasteiger partial charge in [0.05, 0.1) is 5.92 Å². The van der Waals surface area contributed by atoms with Crippen LogP contribution in [0.3, 0.4) is 0 Å². The van der Waals surface area contributed by atoms with Crippen molar-refractivity contribution in [3.63, 3.8) is 0 Å². The van der Waals surface area contributed by atoms with Gasteiger partial charge in [0.1, 0.15) is 0 Å². The van der Waals surface area contributed by atoms with Gasteiger partial charge in [-0.25, -0.2) is 0 Å². The van der Waals surface area contributed by atoms with Gasteiger partial charge in [0.2, 0.25) is 10.5 Å². The van der Waals surface area contributed by atoms with Crippen molar-refractivity contribution in [2.45, 2.75) is 12.3 Å². The number of halogens is 2. The predicted molar refractivity (Wildman–Crippen MR) is 55.5 cm³/mol. The van der Waals surface area contributed by atoms with Gasteiger partial charge in [-0.1, -0.05) is 30.3 Å². The zero-order valence-corrected chi connectivity index (χ0v) is 8.76. The minimum atomic E-state index is -0.636. The minimum absolute atomic E-state index is 0.0616. The number of hydrogen-bond acceptors (Lipinski definition) is 2. The van der Waals surface area contributed by atoms with Gasteiger partial charge in [0, 0.05) is 6.42 Å². The second-order valence-corrected chi connectivity index (χ2v) is 3.62. The lowest BCUT2D eigenvalue weighted by atomic mass is 9.98. The summed E-state index contributed by atoms with van der Waals surface area (Å²) in [5.41, 5.74) is 0.710. The van der Waals surface area contributed by atoms with E-state index in [1.165, 1.54) is 0 Å². The maximum Gasteiger partial charge on any atom is 0.229 e. The Labute approximate surface area is 91.8 Å². The van der Waals surface area contributed by atoms with Crippen LogP contribution >= 0.6 is 23.2 Å². The molecule has 1 aromatic carbocycles. The van der Waals surface area contributed by atoms with Crippen LogP contribution in [0.4, 0.5) is 0 Å². The number of hydrogen-bond donors (Lipinski definition) is 0. The van der Waals surface area contributed by atoms with Crippen molar-refractivity contribution in [2.75, 3.05) is 0 Å². The monoisotopic (exact) mass is 230 g/mol. The molecule has 0 aliphatic rings. The van der Waals surface area contributed by atoms with E-state index in [2.05, 4.69) is 0 Å². The maximum absolute atomic E-state index is 11.0. The minimum Gasteiger partial charge on any atom is -0.281 e. The SMILES string of the molecule is O=C(Cl)C[C@H](C(=O)Cl)c1ccccc1. The van der Waals surface area contributed by atoms with Crippen LogP contribution in [-0.2, 0) is 9.59 Å². The first-order chi connectivity index (χ1) is 6.61. The molecule has 0 amide bonds. The molecule has 0 bridgehead atoms. The van der Waals surface area contributed by atoms with Crippen LogP contribution in [0, 0.1) is 0 Å². The van der Waals surface area contributed by atoms with Crippen LogP contribution in [0.1, 0.15) is 17.9 Å². The second kappa shape index (κ2) is 5.13. The highest BCUT2D eigenvalue weighted by Gasteiger charge is 2.20. The van der Waals surface area contributed by atoms with E-state index in [1.54, 1.807) is 24.3 Å². The highest BCUT2D eigenvalue weighted by atomic mass is 35.5. The van der Waals surface area contributed by atoms with Gasteiger partial charge in [-0.05, 0) is 28.8 Å². The van der Waals surface area contributed by atoms with Crippen molar-refractivity contribution >= 4 is 33.7 Å². The topological polar surface area (TPSA) is 34.1 Å². The molecule has 0 heterocycles. The van der Waals surface area contributed by atoms with E-state index < -0.39 is 16.4 Å². The Morgan fingerprint density at radius 3 is 2.14 bits per heavy atom. The summed E-state index contributed by atoms with van der Waals surface area (Å²) in [7, 11) is 0. The van der Waals surface area contributed by atoms with E-state index >= 15 is 0 Å². The first-order valence-corrected chi connectivity index (χ1v) is 4.79. The first-order valence-electron chi connectivity index (χ1n) is 4.04. The number of carbonyl (C=O) groups excluding carboxylic acids is 2. The molecular formula is C10H8Cl2O2. The zero-order chi connectivity index (χ0) is 10.6. The lowest BCUT2D eigenvalue weighted by molar-refractivity contribution is -0.117. The van der Waals surface area contributed by atoms with Crippen molar-refractivity contribution in [3.8, 4) is 0 Å². The van der Waals surface area contributed by atoms with Crippen LogP contribution in [0.25, 0.3) is 0 Å². The molecule has 0 fully saturated rings. The molecular weight excluding hydrogens is 223 g/mol. The second-order valence-electron chi connectivity index (χ2n) is 2.83. The number of carbonyl (C=O) groups is 2. The molecule has 2 nitrogen and oxygen atoms in total. The Kier molecular flexibility index (Phi) is 4.11. The highest BCUT2D eigenvalue weighted by Crippen LogP contribution is 2.23. The normalized spacial score (nSPS) is 12.1. The molecule has 4 heteroatoms. The fourth-order valence-corrected chi connectivity index (χ4v) is 1.53. The van der Waals surface area contributed by atoms with Crippen LogP contribution < -0.4 is 0 Å². The quantitative estimate of drug-likeness (QED) is 0.746. The summed E-state index contributed by atoms with van der Waals surface area (Å²) in [6.07, 6.45) is -0.0616. The summed E-state index contributed by atoms with van der Waals surface area (Å²) in [4.78, 5) is 21.7. The van der Waals surface area contributed by atoms with Crippen molar-refractivity contribution in [3.05, 3.63) is 35.9 Å². The molecule has 0 saturated heterocycles. The number of benzene rings is 1. The van der Waals surface area contributed by atoms with Gasteiger partial charge in [0.25, 0.3) is 0 Å². The first kappa shape index (κ1) is 11.2. The summed E-state index contributed by atoms with van der Waals surface area (Å²) >= 11 is 10.6. The van der Waals surface area contributed by atoms with Gasteiger partial charge in [-0.2, -0.15) is 0 Å². The van der Waals surface area contributed by atoms with E-state index in [0.717, 1.165) is 0 Å².